The zero-order valence-corrected chi connectivity index (χ0v) is 15.3. The number of benzene rings is 2. The van der Waals surface area contributed by atoms with E-state index in [0.29, 0.717) is 17.2 Å². The molecule has 0 radical (unpaired) electrons. The Labute approximate surface area is 168 Å². The monoisotopic (exact) mass is 413 g/mol. The standard InChI is InChI=1S/C20H14F3N5O2/c21-20(22,23)30-16-9-5-4-8-14(16)19(29)24-12-18-26-25-17-11-10-15(27-28(17)18)13-6-2-1-3-7-13/h1-11H,12H2,(H,24,29). The number of halogens is 3. The molecule has 2 aromatic heterocycles. The Morgan fingerprint density at radius 3 is 2.47 bits per heavy atom. The van der Waals surface area contributed by atoms with Crippen LogP contribution in [0.4, 0.5) is 13.2 Å². The fraction of sp³-hybridized carbons (Fsp3) is 0.100. The third-order valence-corrected chi connectivity index (χ3v) is 4.16. The number of hydrogen-bond acceptors (Lipinski definition) is 5. The lowest BCUT2D eigenvalue weighted by Gasteiger charge is -2.12. The number of nitrogens with zero attached hydrogens (tertiary/aromatic N) is 4. The molecule has 0 bridgehead atoms. The van der Waals surface area contributed by atoms with Gasteiger partial charge in [-0.2, -0.15) is 9.61 Å². The summed E-state index contributed by atoms with van der Waals surface area (Å²) in [7, 11) is 0. The molecule has 0 unspecified atom stereocenters. The summed E-state index contributed by atoms with van der Waals surface area (Å²) in [5.74, 6) is -1.01. The van der Waals surface area contributed by atoms with Crippen LogP contribution in [0.25, 0.3) is 16.9 Å². The van der Waals surface area contributed by atoms with E-state index in [1.165, 1.54) is 22.7 Å². The van der Waals surface area contributed by atoms with Gasteiger partial charge in [0.25, 0.3) is 5.91 Å². The molecule has 0 atom stereocenters. The molecule has 4 aromatic rings. The molecule has 1 amide bonds. The van der Waals surface area contributed by atoms with Crippen LogP contribution in [0.2, 0.25) is 0 Å². The number of alkyl halides is 3. The summed E-state index contributed by atoms with van der Waals surface area (Å²) in [5.41, 5.74) is 1.79. The van der Waals surface area contributed by atoms with Crippen LogP contribution in [0.3, 0.4) is 0 Å². The number of hydrogen-bond donors (Lipinski definition) is 1. The summed E-state index contributed by atoms with van der Waals surface area (Å²) in [5, 5.41) is 15.0. The number of para-hydroxylation sites is 1. The molecule has 152 valence electrons. The second-order valence-electron chi connectivity index (χ2n) is 6.20. The molecule has 2 heterocycles. The van der Waals surface area contributed by atoms with E-state index in [1.807, 2.05) is 30.3 Å². The summed E-state index contributed by atoms with van der Waals surface area (Å²) in [4.78, 5) is 12.4. The number of aromatic nitrogens is 4. The highest BCUT2D eigenvalue weighted by Gasteiger charge is 2.32. The number of carbonyl (C=O) groups excluding carboxylic acids is 1. The van der Waals surface area contributed by atoms with Crippen molar-refractivity contribution in [2.75, 3.05) is 0 Å². The first-order valence-corrected chi connectivity index (χ1v) is 8.80. The van der Waals surface area contributed by atoms with Crippen molar-refractivity contribution in [1.29, 1.82) is 0 Å². The van der Waals surface area contributed by atoms with Gasteiger partial charge in [0, 0.05) is 5.56 Å². The van der Waals surface area contributed by atoms with Gasteiger partial charge < -0.3 is 10.1 Å². The summed E-state index contributed by atoms with van der Waals surface area (Å²) in [6.45, 7) is -0.0917. The van der Waals surface area contributed by atoms with Gasteiger partial charge in [0.05, 0.1) is 17.8 Å². The van der Waals surface area contributed by atoms with Crippen molar-refractivity contribution in [3.8, 4) is 17.0 Å². The molecule has 0 aliphatic carbocycles. The number of amides is 1. The Kier molecular flexibility index (Phi) is 5.05. The van der Waals surface area contributed by atoms with Crippen molar-refractivity contribution < 1.29 is 22.7 Å². The molecular weight excluding hydrogens is 399 g/mol. The molecule has 0 saturated heterocycles. The number of nitrogens with one attached hydrogen (secondary N) is 1. The minimum absolute atomic E-state index is 0.0917. The van der Waals surface area contributed by atoms with Gasteiger partial charge in [-0.25, -0.2) is 0 Å². The van der Waals surface area contributed by atoms with Crippen molar-refractivity contribution in [2.45, 2.75) is 12.9 Å². The van der Waals surface area contributed by atoms with Crippen molar-refractivity contribution in [3.05, 3.63) is 78.1 Å². The lowest BCUT2D eigenvalue weighted by atomic mass is 10.1. The first-order chi connectivity index (χ1) is 14.4. The zero-order chi connectivity index (χ0) is 21.1. The van der Waals surface area contributed by atoms with Crippen LogP contribution in [0, 0.1) is 0 Å². The fourth-order valence-electron chi connectivity index (χ4n) is 2.83. The highest BCUT2D eigenvalue weighted by molar-refractivity contribution is 5.96. The van der Waals surface area contributed by atoms with Crippen molar-refractivity contribution in [1.82, 2.24) is 25.1 Å². The molecule has 1 N–H and O–H groups in total. The predicted molar refractivity (Wildman–Crippen MR) is 101 cm³/mol. The Bertz CT molecular complexity index is 1190. The molecule has 0 aliphatic rings. The smallest absolute Gasteiger partial charge is 0.405 e. The second kappa shape index (κ2) is 7.82. The predicted octanol–water partition coefficient (Wildman–Crippen LogP) is 3.62. The second-order valence-corrected chi connectivity index (χ2v) is 6.20. The van der Waals surface area contributed by atoms with Gasteiger partial charge in [-0.3, -0.25) is 4.79 Å². The van der Waals surface area contributed by atoms with E-state index in [9.17, 15) is 18.0 Å². The highest BCUT2D eigenvalue weighted by atomic mass is 19.4. The molecule has 0 aliphatic heterocycles. The van der Waals surface area contributed by atoms with E-state index in [0.717, 1.165) is 11.6 Å². The molecular formula is C20H14F3N5O2. The quantitative estimate of drug-likeness (QED) is 0.541. The fourth-order valence-corrected chi connectivity index (χ4v) is 2.83. The topological polar surface area (TPSA) is 81.4 Å². The Morgan fingerprint density at radius 2 is 1.70 bits per heavy atom. The lowest BCUT2D eigenvalue weighted by molar-refractivity contribution is -0.274. The van der Waals surface area contributed by atoms with Gasteiger partial charge in [-0.15, -0.1) is 23.4 Å². The van der Waals surface area contributed by atoms with Gasteiger partial charge in [0.1, 0.15) is 5.75 Å². The summed E-state index contributed by atoms with van der Waals surface area (Å²) in [6, 6.07) is 18.1. The Balaban J connectivity index is 1.55. The van der Waals surface area contributed by atoms with E-state index < -0.39 is 18.0 Å². The van der Waals surface area contributed by atoms with E-state index in [1.54, 1.807) is 12.1 Å². The van der Waals surface area contributed by atoms with Crippen LogP contribution in [-0.2, 0) is 6.54 Å². The molecule has 0 spiro atoms. The maximum absolute atomic E-state index is 12.6. The minimum atomic E-state index is -4.91. The molecule has 0 fully saturated rings. The summed E-state index contributed by atoms with van der Waals surface area (Å²) < 4.78 is 43.1. The van der Waals surface area contributed by atoms with Crippen molar-refractivity contribution in [2.24, 2.45) is 0 Å². The number of carbonyl (C=O) groups is 1. The zero-order valence-electron chi connectivity index (χ0n) is 15.3. The highest BCUT2D eigenvalue weighted by Crippen LogP contribution is 2.26. The van der Waals surface area contributed by atoms with E-state index in [-0.39, 0.29) is 12.1 Å². The van der Waals surface area contributed by atoms with Crippen LogP contribution >= 0.6 is 0 Å². The minimum Gasteiger partial charge on any atom is -0.405 e. The molecule has 30 heavy (non-hydrogen) atoms. The summed E-state index contributed by atoms with van der Waals surface area (Å²) in [6.07, 6.45) is -4.91. The number of rotatable bonds is 5. The lowest BCUT2D eigenvalue weighted by Crippen LogP contribution is -2.26. The van der Waals surface area contributed by atoms with Crippen molar-refractivity contribution in [3.63, 3.8) is 0 Å². The summed E-state index contributed by atoms with van der Waals surface area (Å²) >= 11 is 0. The molecule has 2 aromatic carbocycles. The molecule has 0 saturated carbocycles. The van der Waals surface area contributed by atoms with E-state index >= 15 is 0 Å². The van der Waals surface area contributed by atoms with Crippen LogP contribution in [0.1, 0.15) is 16.2 Å². The first kappa shape index (κ1) is 19.4. The van der Waals surface area contributed by atoms with Crippen molar-refractivity contribution >= 4 is 11.6 Å². The Morgan fingerprint density at radius 1 is 0.967 bits per heavy atom. The van der Waals surface area contributed by atoms with Gasteiger partial charge in [0.2, 0.25) is 0 Å². The van der Waals surface area contributed by atoms with Gasteiger partial charge in [-0.05, 0) is 24.3 Å². The normalized spacial score (nSPS) is 11.4. The molecule has 4 rings (SSSR count). The molecule has 10 heteroatoms. The Hall–Kier alpha value is -3.95. The first-order valence-electron chi connectivity index (χ1n) is 8.80. The van der Waals surface area contributed by atoms with Gasteiger partial charge >= 0.3 is 6.36 Å². The largest absolute Gasteiger partial charge is 0.573 e. The maximum atomic E-state index is 12.6. The van der Waals surface area contributed by atoms with E-state index in [2.05, 4.69) is 25.3 Å². The van der Waals surface area contributed by atoms with Crippen LogP contribution < -0.4 is 10.1 Å². The van der Waals surface area contributed by atoms with Crippen LogP contribution in [0.15, 0.2) is 66.7 Å². The average Bonchev–Trinajstić information content (AvgIpc) is 3.14. The maximum Gasteiger partial charge on any atom is 0.573 e. The average molecular weight is 413 g/mol. The third kappa shape index (κ3) is 4.22. The molecule has 7 nitrogen and oxygen atoms in total. The van der Waals surface area contributed by atoms with Crippen LogP contribution in [-0.4, -0.2) is 32.1 Å². The number of ether oxygens (including phenoxy) is 1. The van der Waals surface area contributed by atoms with E-state index in [4.69, 9.17) is 0 Å². The SMILES string of the molecule is O=C(NCc1nnc2ccc(-c3ccccc3)nn12)c1ccccc1OC(F)(F)F. The number of fused-ring (bicyclic) bond motifs is 1. The van der Waals surface area contributed by atoms with Crippen LogP contribution in [0.5, 0.6) is 5.75 Å². The third-order valence-electron chi connectivity index (χ3n) is 4.16. The van der Waals surface area contributed by atoms with Gasteiger partial charge in [-0.1, -0.05) is 42.5 Å². The van der Waals surface area contributed by atoms with Gasteiger partial charge in [0.15, 0.2) is 11.5 Å².